The van der Waals surface area contributed by atoms with Gasteiger partial charge in [-0.25, -0.2) is 0 Å². The van der Waals surface area contributed by atoms with E-state index in [0.29, 0.717) is 6.61 Å². The largest absolute Gasteiger partial charge is 0.384 e. The second-order valence-electron chi connectivity index (χ2n) is 4.60. The maximum atomic E-state index is 5.71. The molecule has 0 saturated carbocycles. The minimum atomic E-state index is 0.695. The van der Waals surface area contributed by atoms with Crippen molar-refractivity contribution < 1.29 is 4.74 Å². The molecule has 1 aromatic carbocycles. The van der Waals surface area contributed by atoms with Crippen LogP contribution in [0.4, 0.5) is 5.69 Å². The molecule has 4 heteroatoms. The normalized spacial score (nSPS) is 10.9. The summed E-state index contributed by atoms with van der Waals surface area (Å²) < 4.78 is 5.16. The number of aryl methyl sites for hydroxylation is 1. The SMILES string of the molecule is CCc1c(C)nc2c(CCOC)cccc2c1NN. The van der Waals surface area contributed by atoms with Gasteiger partial charge in [-0.05, 0) is 30.9 Å². The molecule has 0 saturated heterocycles. The monoisotopic (exact) mass is 259 g/mol. The number of para-hydroxylation sites is 1. The van der Waals surface area contributed by atoms with Crippen molar-refractivity contribution in [2.75, 3.05) is 19.1 Å². The van der Waals surface area contributed by atoms with E-state index >= 15 is 0 Å². The van der Waals surface area contributed by atoms with E-state index in [0.717, 1.165) is 35.1 Å². The molecular weight excluding hydrogens is 238 g/mol. The summed E-state index contributed by atoms with van der Waals surface area (Å²) in [6.07, 6.45) is 1.77. The number of anilines is 1. The van der Waals surface area contributed by atoms with Crippen LogP contribution in [0.5, 0.6) is 0 Å². The second kappa shape index (κ2) is 5.99. The first-order chi connectivity index (χ1) is 9.22. The molecule has 1 heterocycles. The molecule has 3 N–H and O–H groups in total. The van der Waals surface area contributed by atoms with Gasteiger partial charge in [0, 0.05) is 18.2 Å². The van der Waals surface area contributed by atoms with E-state index < -0.39 is 0 Å². The van der Waals surface area contributed by atoms with Crippen LogP contribution in [-0.4, -0.2) is 18.7 Å². The summed E-state index contributed by atoms with van der Waals surface area (Å²) in [6, 6.07) is 6.21. The number of nitrogens with one attached hydrogen (secondary N) is 1. The third-order valence-corrected chi connectivity index (χ3v) is 3.48. The van der Waals surface area contributed by atoms with Gasteiger partial charge in [-0.2, -0.15) is 0 Å². The van der Waals surface area contributed by atoms with E-state index in [9.17, 15) is 0 Å². The molecule has 0 fully saturated rings. The molecule has 1 aromatic heterocycles. The number of rotatable bonds is 5. The van der Waals surface area contributed by atoms with Crippen LogP contribution in [0.1, 0.15) is 23.7 Å². The molecule has 0 aliphatic heterocycles. The average Bonchev–Trinajstić information content (AvgIpc) is 2.43. The zero-order valence-corrected chi connectivity index (χ0v) is 11.8. The van der Waals surface area contributed by atoms with Gasteiger partial charge in [-0.15, -0.1) is 0 Å². The molecule has 0 unspecified atom stereocenters. The third kappa shape index (κ3) is 2.55. The van der Waals surface area contributed by atoms with Gasteiger partial charge in [0.2, 0.25) is 0 Å². The zero-order valence-electron chi connectivity index (χ0n) is 11.8. The summed E-state index contributed by atoms with van der Waals surface area (Å²) in [5.74, 6) is 5.71. The third-order valence-electron chi connectivity index (χ3n) is 3.48. The number of fused-ring (bicyclic) bond motifs is 1. The summed E-state index contributed by atoms with van der Waals surface area (Å²) >= 11 is 0. The van der Waals surface area contributed by atoms with Gasteiger partial charge in [0.15, 0.2) is 0 Å². The summed E-state index contributed by atoms with van der Waals surface area (Å²) in [6.45, 7) is 4.85. The first-order valence-corrected chi connectivity index (χ1v) is 6.59. The highest BCUT2D eigenvalue weighted by Gasteiger charge is 2.12. The Morgan fingerprint density at radius 3 is 2.79 bits per heavy atom. The maximum Gasteiger partial charge on any atom is 0.0759 e. The van der Waals surface area contributed by atoms with Crippen LogP contribution in [0, 0.1) is 6.92 Å². The molecule has 0 amide bonds. The van der Waals surface area contributed by atoms with Gasteiger partial charge in [0.25, 0.3) is 0 Å². The molecule has 2 aromatic rings. The van der Waals surface area contributed by atoms with Gasteiger partial charge in [-0.1, -0.05) is 25.1 Å². The molecule has 0 atom stereocenters. The number of methoxy groups -OCH3 is 1. The summed E-state index contributed by atoms with van der Waals surface area (Å²) in [5, 5.41) is 1.08. The predicted molar refractivity (Wildman–Crippen MR) is 79.2 cm³/mol. The lowest BCUT2D eigenvalue weighted by Crippen LogP contribution is -2.12. The molecule has 0 spiro atoms. The van der Waals surface area contributed by atoms with Crippen LogP contribution in [0.2, 0.25) is 0 Å². The standard InChI is InChI=1S/C15H21N3O/c1-4-12-10(2)17-14-11(8-9-19-3)6-5-7-13(14)15(12)18-16/h5-7H,4,8-9,16H2,1-3H3,(H,17,18). The second-order valence-corrected chi connectivity index (χ2v) is 4.60. The Bertz CT molecular complexity index is 581. The quantitative estimate of drug-likeness (QED) is 0.640. The number of pyridine rings is 1. The van der Waals surface area contributed by atoms with E-state index in [2.05, 4.69) is 24.5 Å². The molecule has 19 heavy (non-hydrogen) atoms. The molecule has 2 rings (SSSR count). The van der Waals surface area contributed by atoms with Crippen molar-refractivity contribution in [2.45, 2.75) is 26.7 Å². The Balaban J connectivity index is 2.67. The fourth-order valence-corrected chi connectivity index (χ4v) is 2.51. The summed E-state index contributed by atoms with van der Waals surface area (Å²) in [4.78, 5) is 4.76. The van der Waals surface area contributed by atoms with Crippen molar-refractivity contribution in [3.05, 3.63) is 35.0 Å². The highest BCUT2D eigenvalue weighted by atomic mass is 16.5. The van der Waals surface area contributed by atoms with Crippen LogP contribution >= 0.6 is 0 Å². The van der Waals surface area contributed by atoms with Gasteiger partial charge >= 0.3 is 0 Å². The van der Waals surface area contributed by atoms with Crippen molar-refractivity contribution in [2.24, 2.45) is 5.84 Å². The number of aromatic nitrogens is 1. The topological polar surface area (TPSA) is 60.2 Å². The van der Waals surface area contributed by atoms with E-state index in [4.69, 9.17) is 15.6 Å². The fraction of sp³-hybridized carbons (Fsp3) is 0.400. The molecule has 0 aliphatic carbocycles. The Hall–Kier alpha value is -1.65. The number of nitrogens with zero attached hydrogens (tertiary/aromatic N) is 1. The van der Waals surface area contributed by atoms with Gasteiger partial charge in [0.05, 0.1) is 17.8 Å². The summed E-state index contributed by atoms with van der Waals surface area (Å²) in [5.41, 5.74) is 8.26. The van der Waals surface area contributed by atoms with E-state index in [1.807, 2.05) is 13.0 Å². The number of hydrazine groups is 1. The van der Waals surface area contributed by atoms with Crippen LogP contribution in [0.3, 0.4) is 0 Å². The first-order valence-electron chi connectivity index (χ1n) is 6.59. The summed E-state index contributed by atoms with van der Waals surface area (Å²) in [7, 11) is 1.71. The number of benzene rings is 1. The lowest BCUT2D eigenvalue weighted by Gasteiger charge is -2.15. The molecule has 0 bridgehead atoms. The van der Waals surface area contributed by atoms with E-state index in [1.54, 1.807) is 7.11 Å². The Morgan fingerprint density at radius 1 is 1.37 bits per heavy atom. The number of ether oxygens (including phenoxy) is 1. The molecular formula is C15H21N3O. The smallest absolute Gasteiger partial charge is 0.0759 e. The average molecular weight is 259 g/mol. The number of nitrogen functional groups attached to an aromatic ring is 1. The highest BCUT2D eigenvalue weighted by molar-refractivity contribution is 5.95. The Morgan fingerprint density at radius 2 is 2.16 bits per heavy atom. The van der Waals surface area contributed by atoms with Crippen molar-refractivity contribution in [1.29, 1.82) is 0 Å². The zero-order chi connectivity index (χ0) is 13.8. The van der Waals surface area contributed by atoms with Gasteiger partial charge < -0.3 is 10.2 Å². The van der Waals surface area contributed by atoms with Crippen molar-refractivity contribution >= 4 is 16.6 Å². The number of hydrogen-bond acceptors (Lipinski definition) is 4. The maximum absolute atomic E-state index is 5.71. The minimum Gasteiger partial charge on any atom is -0.384 e. The van der Waals surface area contributed by atoms with Crippen LogP contribution in [-0.2, 0) is 17.6 Å². The first kappa shape index (κ1) is 13.8. The van der Waals surface area contributed by atoms with E-state index in [1.165, 1.54) is 11.1 Å². The van der Waals surface area contributed by atoms with Crippen LogP contribution in [0.25, 0.3) is 10.9 Å². The number of hydrogen-bond donors (Lipinski definition) is 2. The van der Waals surface area contributed by atoms with Crippen molar-refractivity contribution in [3.63, 3.8) is 0 Å². The molecule has 4 nitrogen and oxygen atoms in total. The fourth-order valence-electron chi connectivity index (χ4n) is 2.51. The van der Waals surface area contributed by atoms with Crippen molar-refractivity contribution in [1.82, 2.24) is 4.98 Å². The predicted octanol–water partition coefficient (Wildman–Crippen LogP) is 2.58. The Labute approximate surface area is 113 Å². The van der Waals surface area contributed by atoms with E-state index in [-0.39, 0.29) is 0 Å². The number of nitrogens with two attached hydrogens (primary N) is 1. The Kier molecular flexibility index (Phi) is 4.35. The molecule has 102 valence electrons. The van der Waals surface area contributed by atoms with Crippen LogP contribution < -0.4 is 11.3 Å². The van der Waals surface area contributed by atoms with Crippen LogP contribution in [0.15, 0.2) is 18.2 Å². The van der Waals surface area contributed by atoms with Gasteiger partial charge in [0.1, 0.15) is 0 Å². The lowest BCUT2D eigenvalue weighted by molar-refractivity contribution is 0.202. The minimum absolute atomic E-state index is 0.695. The van der Waals surface area contributed by atoms with Crippen molar-refractivity contribution in [3.8, 4) is 0 Å². The molecule has 0 radical (unpaired) electrons. The highest BCUT2D eigenvalue weighted by Crippen LogP contribution is 2.30. The molecule has 0 aliphatic rings. The van der Waals surface area contributed by atoms with Gasteiger partial charge in [-0.3, -0.25) is 10.8 Å². The lowest BCUT2D eigenvalue weighted by atomic mass is 10.0.